The molecule has 0 aliphatic carbocycles. The first-order chi connectivity index (χ1) is 10.5. The van der Waals surface area contributed by atoms with Crippen molar-refractivity contribution < 1.29 is 19.0 Å². The summed E-state index contributed by atoms with van der Waals surface area (Å²) in [7, 11) is 0. The molecule has 0 fully saturated rings. The van der Waals surface area contributed by atoms with Crippen LogP contribution in [0.25, 0.3) is 5.57 Å². The van der Waals surface area contributed by atoms with Gasteiger partial charge in [-0.1, -0.05) is 17.7 Å². The van der Waals surface area contributed by atoms with E-state index in [9.17, 15) is 9.18 Å². The lowest BCUT2D eigenvalue weighted by molar-refractivity contribution is 0.0697. The molecule has 0 amide bonds. The summed E-state index contributed by atoms with van der Waals surface area (Å²) in [5, 5.41) is 9.41. The van der Waals surface area contributed by atoms with Gasteiger partial charge in [0.05, 0.1) is 10.6 Å². The molecular formula is C17H12ClFO3. The van der Waals surface area contributed by atoms with Crippen LogP contribution in [0.2, 0.25) is 5.02 Å². The third-order valence-corrected chi connectivity index (χ3v) is 3.78. The molecule has 0 aromatic heterocycles. The second-order valence-corrected chi connectivity index (χ2v) is 5.42. The number of carboxylic acid groups (broad SMARTS) is 1. The molecule has 1 atom stereocenters. The van der Waals surface area contributed by atoms with E-state index in [1.807, 2.05) is 6.92 Å². The summed E-state index contributed by atoms with van der Waals surface area (Å²) in [5.41, 5.74) is 1.42. The smallest absolute Gasteiger partial charge is 0.335 e. The van der Waals surface area contributed by atoms with Crippen LogP contribution in [0.15, 0.2) is 42.5 Å². The normalized spacial score (nSPS) is 16.5. The summed E-state index contributed by atoms with van der Waals surface area (Å²) >= 11 is 6.14. The third kappa shape index (κ3) is 2.46. The fourth-order valence-electron chi connectivity index (χ4n) is 2.51. The fourth-order valence-corrected chi connectivity index (χ4v) is 2.77. The highest BCUT2D eigenvalue weighted by Gasteiger charge is 2.24. The number of hydrogen-bond donors (Lipinski definition) is 1. The van der Waals surface area contributed by atoms with Crippen molar-refractivity contribution in [1.82, 2.24) is 0 Å². The van der Waals surface area contributed by atoms with E-state index in [1.165, 1.54) is 24.3 Å². The molecule has 2 aromatic rings. The van der Waals surface area contributed by atoms with Crippen LogP contribution in [0.1, 0.15) is 28.4 Å². The number of benzene rings is 2. The molecule has 3 nitrogen and oxygen atoms in total. The number of rotatable bonds is 2. The first kappa shape index (κ1) is 14.6. The highest BCUT2D eigenvalue weighted by molar-refractivity contribution is 6.32. The Morgan fingerprint density at radius 2 is 2.09 bits per heavy atom. The first-order valence-electron chi connectivity index (χ1n) is 6.68. The summed E-state index contributed by atoms with van der Waals surface area (Å²) in [6.45, 7) is 1.82. The minimum Gasteiger partial charge on any atom is -0.486 e. The minimum atomic E-state index is -1.06. The van der Waals surface area contributed by atoms with E-state index >= 15 is 0 Å². The van der Waals surface area contributed by atoms with Gasteiger partial charge in [-0.15, -0.1) is 0 Å². The predicted octanol–water partition coefficient (Wildman–Crippen LogP) is 4.39. The molecule has 0 spiro atoms. The Morgan fingerprint density at radius 3 is 2.77 bits per heavy atom. The van der Waals surface area contributed by atoms with Crippen LogP contribution in [0.4, 0.5) is 4.39 Å². The lowest BCUT2D eigenvalue weighted by Crippen LogP contribution is -2.16. The van der Waals surface area contributed by atoms with Crippen LogP contribution in [-0.2, 0) is 0 Å². The lowest BCUT2D eigenvalue weighted by Gasteiger charge is -2.24. The van der Waals surface area contributed by atoms with Crippen LogP contribution in [0.3, 0.4) is 0 Å². The van der Waals surface area contributed by atoms with Crippen LogP contribution in [0.5, 0.6) is 5.75 Å². The maximum absolute atomic E-state index is 14.2. The number of ether oxygens (including phenoxy) is 1. The minimum absolute atomic E-state index is 0.107. The van der Waals surface area contributed by atoms with Crippen molar-refractivity contribution in [2.75, 3.05) is 0 Å². The quantitative estimate of drug-likeness (QED) is 0.893. The summed E-state index contributed by atoms with van der Waals surface area (Å²) in [6.07, 6.45) is 1.46. The maximum atomic E-state index is 14.2. The van der Waals surface area contributed by atoms with E-state index in [1.54, 1.807) is 18.2 Å². The number of hydrogen-bond acceptors (Lipinski definition) is 2. The molecule has 0 saturated heterocycles. The zero-order valence-corrected chi connectivity index (χ0v) is 12.4. The molecule has 2 aromatic carbocycles. The monoisotopic (exact) mass is 318 g/mol. The summed E-state index contributed by atoms with van der Waals surface area (Å²) < 4.78 is 19.9. The Hall–Kier alpha value is -2.33. The Bertz CT molecular complexity index is 778. The third-order valence-electron chi connectivity index (χ3n) is 3.46. The molecule has 1 unspecified atom stereocenters. The molecule has 5 heteroatoms. The lowest BCUT2D eigenvalue weighted by atomic mass is 9.92. The van der Waals surface area contributed by atoms with Crippen molar-refractivity contribution in [1.29, 1.82) is 0 Å². The average molecular weight is 319 g/mol. The Kier molecular flexibility index (Phi) is 3.62. The fraction of sp³-hybridized carbons (Fsp3) is 0.118. The topological polar surface area (TPSA) is 46.5 Å². The van der Waals surface area contributed by atoms with E-state index in [4.69, 9.17) is 21.4 Å². The van der Waals surface area contributed by atoms with Gasteiger partial charge in [-0.2, -0.15) is 0 Å². The van der Waals surface area contributed by atoms with Crippen molar-refractivity contribution in [3.05, 3.63) is 70.0 Å². The van der Waals surface area contributed by atoms with Gasteiger partial charge in [-0.25, -0.2) is 9.18 Å². The standard InChI is InChI=1S/C17H12ClFO3/c1-9-7-12(16-13(18)3-2-4-14(16)19)11-8-10(17(20)21)5-6-15(11)22-9/h2-9H,1H3,(H,20,21). The van der Waals surface area contributed by atoms with Gasteiger partial charge in [-0.3, -0.25) is 0 Å². The van der Waals surface area contributed by atoms with Crippen molar-refractivity contribution >= 4 is 23.1 Å². The number of carbonyl (C=O) groups is 1. The molecule has 1 heterocycles. The Morgan fingerprint density at radius 1 is 1.32 bits per heavy atom. The van der Waals surface area contributed by atoms with Gasteiger partial charge in [0.1, 0.15) is 17.7 Å². The van der Waals surface area contributed by atoms with Crippen molar-refractivity contribution in [2.24, 2.45) is 0 Å². The highest BCUT2D eigenvalue weighted by Crippen LogP contribution is 2.40. The van der Waals surface area contributed by atoms with E-state index in [2.05, 4.69) is 0 Å². The predicted molar refractivity (Wildman–Crippen MR) is 82.0 cm³/mol. The van der Waals surface area contributed by atoms with Gasteiger partial charge in [0, 0.05) is 11.1 Å². The first-order valence-corrected chi connectivity index (χ1v) is 7.05. The van der Waals surface area contributed by atoms with E-state index in [0.29, 0.717) is 16.9 Å². The number of aromatic carboxylic acids is 1. The molecule has 1 aliphatic rings. The zero-order chi connectivity index (χ0) is 15.9. The van der Waals surface area contributed by atoms with Crippen LogP contribution < -0.4 is 4.74 Å². The van der Waals surface area contributed by atoms with E-state index in [-0.39, 0.29) is 22.3 Å². The summed E-state index contributed by atoms with van der Waals surface area (Å²) in [6, 6.07) is 8.96. The largest absolute Gasteiger partial charge is 0.486 e. The molecule has 1 aliphatic heterocycles. The molecule has 112 valence electrons. The van der Waals surface area contributed by atoms with Gasteiger partial charge < -0.3 is 9.84 Å². The van der Waals surface area contributed by atoms with Gasteiger partial charge in [0.2, 0.25) is 0 Å². The van der Waals surface area contributed by atoms with Gasteiger partial charge >= 0.3 is 5.97 Å². The molecule has 22 heavy (non-hydrogen) atoms. The Balaban J connectivity index is 2.25. The number of carboxylic acids is 1. The number of halogens is 2. The highest BCUT2D eigenvalue weighted by atomic mass is 35.5. The van der Waals surface area contributed by atoms with E-state index in [0.717, 1.165) is 0 Å². The van der Waals surface area contributed by atoms with Gasteiger partial charge in [0.15, 0.2) is 0 Å². The Labute approximate surface area is 131 Å². The molecule has 0 saturated carbocycles. The van der Waals surface area contributed by atoms with Crippen LogP contribution >= 0.6 is 11.6 Å². The SMILES string of the molecule is CC1C=C(c2c(F)cccc2Cl)c2cc(C(=O)O)ccc2O1. The van der Waals surface area contributed by atoms with Gasteiger partial charge in [0.25, 0.3) is 0 Å². The van der Waals surface area contributed by atoms with Crippen LogP contribution in [-0.4, -0.2) is 17.2 Å². The zero-order valence-electron chi connectivity index (χ0n) is 11.6. The molecule has 1 N–H and O–H groups in total. The second-order valence-electron chi connectivity index (χ2n) is 5.02. The molecular weight excluding hydrogens is 307 g/mol. The number of fused-ring (bicyclic) bond motifs is 1. The van der Waals surface area contributed by atoms with E-state index < -0.39 is 11.8 Å². The summed E-state index contributed by atoms with van der Waals surface area (Å²) in [4.78, 5) is 11.2. The van der Waals surface area contributed by atoms with Crippen molar-refractivity contribution in [3.63, 3.8) is 0 Å². The van der Waals surface area contributed by atoms with Crippen molar-refractivity contribution in [3.8, 4) is 5.75 Å². The molecule has 3 rings (SSSR count). The maximum Gasteiger partial charge on any atom is 0.335 e. The molecule has 0 bridgehead atoms. The van der Waals surface area contributed by atoms with Gasteiger partial charge in [-0.05, 0) is 48.9 Å². The van der Waals surface area contributed by atoms with Crippen LogP contribution in [0, 0.1) is 5.82 Å². The second kappa shape index (κ2) is 5.46. The summed E-state index contributed by atoms with van der Waals surface area (Å²) in [5.74, 6) is -1.01. The molecule has 0 radical (unpaired) electrons. The van der Waals surface area contributed by atoms with Crippen molar-refractivity contribution in [2.45, 2.75) is 13.0 Å². The average Bonchev–Trinajstić information content (AvgIpc) is 2.46.